The molecule has 1 atom stereocenters. The predicted octanol–water partition coefficient (Wildman–Crippen LogP) is 2.94. The molecule has 1 fully saturated rings. The second-order valence-electron chi connectivity index (χ2n) is 4.87. The normalized spacial score (nSPS) is 18.4. The van der Waals surface area contributed by atoms with Crippen LogP contribution in [-0.2, 0) is 9.47 Å². The highest BCUT2D eigenvalue weighted by Crippen LogP contribution is 2.31. The summed E-state index contributed by atoms with van der Waals surface area (Å²) in [5.74, 6) is 0.882. The quantitative estimate of drug-likeness (QED) is 0.598. The van der Waals surface area contributed by atoms with E-state index in [4.69, 9.17) is 9.47 Å². The van der Waals surface area contributed by atoms with Gasteiger partial charge >= 0.3 is 0 Å². The second-order valence-corrected chi connectivity index (χ2v) is 4.87. The van der Waals surface area contributed by atoms with Crippen molar-refractivity contribution in [1.82, 2.24) is 5.32 Å². The summed E-state index contributed by atoms with van der Waals surface area (Å²) in [7, 11) is 0. The molecule has 0 aromatic rings. The maximum atomic E-state index is 5.73. The first-order chi connectivity index (χ1) is 8.31. The van der Waals surface area contributed by atoms with Crippen LogP contribution in [0.25, 0.3) is 0 Å². The Labute approximate surface area is 106 Å². The third-order valence-corrected chi connectivity index (χ3v) is 3.46. The standard InChI is InChI=1S/C14H29NO2/c1-4-10-15-13(11-12-8-7-9-12)14(16-5-2)17-6-3/h12-15H,4-11H2,1-3H3. The van der Waals surface area contributed by atoms with Gasteiger partial charge in [0.2, 0.25) is 0 Å². The van der Waals surface area contributed by atoms with Crippen molar-refractivity contribution in [2.45, 2.75) is 65.2 Å². The third-order valence-electron chi connectivity index (χ3n) is 3.46. The van der Waals surface area contributed by atoms with Crippen molar-refractivity contribution in [3.8, 4) is 0 Å². The number of nitrogens with one attached hydrogen (secondary N) is 1. The van der Waals surface area contributed by atoms with Gasteiger partial charge in [-0.05, 0) is 39.2 Å². The van der Waals surface area contributed by atoms with E-state index in [0.29, 0.717) is 6.04 Å². The van der Waals surface area contributed by atoms with Gasteiger partial charge in [-0.15, -0.1) is 0 Å². The average molecular weight is 243 g/mol. The van der Waals surface area contributed by atoms with Crippen molar-refractivity contribution in [3.05, 3.63) is 0 Å². The molecule has 0 heterocycles. The zero-order chi connectivity index (χ0) is 12.5. The number of ether oxygens (including phenoxy) is 2. The van der Waals surface area contributed by atoms with Crippen molar-refractivity contribution in [2.24, 2.45) is 5.92 Å². The lowest BCUT2D eigenvalue weighted by molar-refractivity contribution is -0.157. The minimum Gasteiger partial charge on any atom is -0.351 e. The Morgan fingerprint density at radius 3 is 2.18 bits per heavy atom. The van der Waals surface area contributed by atoms with Crippen LogP contribution >= 0.6 is 0 Å². The number of hydrogen-bond acceptors (Lipinski definition) is 3. The van der Waals surface area contributed by atoms with Crippen LogP contribution in [0.4, 0.5) is 0 Å². The molecule has 1 aliphatic carbocycles. The molecule has 102 valence electrons. The second kappa shape index (κ2) is 8.90. The zero-order valence-electron chi connectivity index (χ0n) is 11.7. The Hall–Kier alpha value is -0.120. The van der Waals surface area contributed by atoms with Gasteiger partial charge in [0, 0.05) is 13.2 Å². The molecule has 0 radical (unpaired) electrons. The zero-order valence-corrected chi connectivity index (χ0v) is 11.7. The maximum absolute atomic E-state index is 5.73. The summed E-state index contributed by atoms with van der Waals surface area (Å²) in [4.78, 5) is 0. The van der Waals surface area contributed by atoms with Gasteiger partial charge in [-0.2, -0.15) is 0 Å². The Kier molecular flexibility index (Phi) is 7.82. The summed E-state index contributed by atoms with van der Waals surface area (Å²) in [6.45, 7) is 8.76. The van der Waals surface area contributed by atoms with Crippen LogP contribution in [0, 0.1) is 5.92 Å². The van der Waals surface area contributed by atoms with Gasteiger partial charge in [-0.1, -0.05) is 26.2 Å². The SMILES string of the molecule is CCCNC(CC1CCC1)C(OCC)OCC. The molecule has 0 aromatic heterocycles. The van der Waals surface area contributed by atoms with Crippen LogP contribution in [0.1, 0.15) is 52.9 Å². The van der Waals surface area contributed by atoms with Gasteiger partial charge in [0.25, 0.3) is 0 Å². The molecule has 1 saturated carbocycles. The number of rotatable bonds is 10. The van der Waals surface area contributed by atoms with Gasteiger partial charge in [0.05, 0.1) is 6.04 Å². The molecule has 17 heavy (non-hydrogen) atoms. The smallest absolute Gasteiger partial charge is 0.172 e. The first kappa shape index (κ1) is 14.9. The van der Waals surface area contributed by atoms with E-state index in [-0.39, 0.29) is 6.29 Å². The molecule has 1 aliphatic rings. The van der Waals surface area contributed by atoms with Crippen LogP contribution in [0.5, 0.6) is 0 Å². The Morgan fingerprint density at radius 1 is 1.12 bits per heavy atom. The first-order valence-corrected chi connectivity index (χ1v) is 7.28. The van der Waals surface area contributed by atoms with Crippen molar-refractivity contribution in [2.75, 3.05) is 19.8 Å². The minimum atomic E-state index is -0.0721. The van der Waals surface area contributed by atoms with Crippen LogP contribution in [0.3, 0.4) is 0 Å². The maximum Gasteiger partial charge on any atom is 0.172 e. The highest BCUT2D eigenvalue weighted by atomic mass is 16.7. The highest BCUT2D eigenvalue weighted by Gasteiger charge is 2.28. The minimum absolute atomic E-state index is 0.0721. The van der Waals surface area contributed by atoms with Gasteiger partial charge in [-0.3, -0.25) is 0 Å². The van der Waals surface area contributed by atoms with Crippen molar-refractivity contribution < 1.29 is 9.47 Å². The lowest BCUT2D eigenvalue weighted by Gasteiger charge is -2.34. The van der Waals surface area contributed by atoms with E-state index in [9.17, 15) is 0 Å². The monoisotopic (exact) mass is 243 g/mol. The fourth-order valence-electron chi connectivity index (χ4n) is 2.32. The van der Waals surface area contributed by atoms with Gasteiger partial charge in [0.15, 0.2) is 6.29 Å². The molecule has 0 spiro atoms. The number of hydrogen-bond donors (Lipinski definition) is 1. The van der Waals surface area contributed by atoms with E-state index in [2.05, 4.69) is 12.2 Å². The van der Waals surface area contributed by atoms with E-state index in [1.54, 1.807) is 0 Å². The summed E-state index contributed by atoms with van der Waals surface area (Å²) in [5.41, 5.74) is 0. The lowest BCUT2D eigenvalue weighted by atomic mass is 9.80. The fraction of sp³-hybridized carbons (Fsp3) is 1.00. The Bertz CT molecular complexity index is 177. The largest absolute Gasteiger partial charge is 0.351 e. The third kappa shape index (κ3) is 5.36. The van der Waals surface area contributed by atoms with Crippen LogP contribution < -0.4 is 5.32 Å². The molecule has 0 amide bonds. The van der Waals surface area contributed by atoms with E-state index in [0.717, 1.165) is 32.1 Å². The van der Waals surface area contributed by atoms with Crippen LogP contribution in [-0.4, -0.2) is 32.1 Å². The highest BCUT2D eigenvalue weighted by molar-refractivity contribution is 4.79. The van der Waals surface area contributed by atoms with Crippen molar-refractivity contribution >= 4 is 0 Å². The Balaban J connectivity index is 2.43. The van der Waals surface area contributed by atoms with Gasteiger partial charge in [-0.25, -0.2) is 0 Å². The van der Waals surface area contributed by atoms with E-state index >= 15 is 0 Å². The van der Waals surface area contributed by atoms with Crippen molar-refractivity contribution in [3.63, 3.8) is 0 Å². The summed E-state index contributed by atoms with van der Waals surface area (Å²) < 4.78 is 11.5. The molecule has 1 N–H and O–H groups in total. The molecular formula is C14H29NO2. The Morgan fingerprint density at radius 2 is 1.76 bits per heavy atom. The summed E-state index contributed by atoms with van der Waals surface area (Å²) in [6.07, 6.45) is 6.46. The van der Waals surface area contributed by atoms with E-state index in [1.165, 1.54) is 25.7 Å². The van der Waals surface area contributed by atoms with Crippen molar-refractivity contribution in [1.29, 1.82) is 0 Å². The molecule has 1 unspecified atom stereocenters. The molecule has 0 aromatic carbocycles. The molecule has 3 heteroatoms. The van der Waals surface area contributed by atoms with Crippen LogP contribution in [0.15, 0.2) is 0 Å². The molecule has 3 nitrogen and oxygen atoms in total. The van der Waals surface area contributed by atoms with E-state index < -0.39 is 0 Å². The van der Waals surface area contributed by atoms with Gasteiger partial charge < -0.3 is 14.8 Å². The lowest BCUT2D eigenvalue weighted by Crippen LogP contribution is -2.45. The molecule has 0 saturated heterocycles. The molecule has 1 rings (SSSR count). The fourth-order valence-corrected chi connectivity index (χ4v) is 2.32. The summed E-state index contributed by atoms with van der Waals surface area (Å²) in [6, 6.07) is 0.361. The van der Waals surface area contributed by atoms with Crippen LogP contribution in [0.2, 0.25) is 0 Å². The topological polar surface area (TPSA) is 30.5 Å². The first-order valence-electron chi connectivity index (χ1n) is 7.28. The summed E-state index contributed by atoms with van der Waals surface area (Å²) in [5, 5.41) is 3.59. The summed E-state index contributed by atoms with van der Waals surface area (Å²) >= 11 is 0. The molecule has 0 aliphatic heterocycles. The molecular weight excluding hydrogens is 214 g/mol. The molecule has 0 bridgehead atoms. The van der Waals surface area contributed by atoms with E-state index in [1.807, 2.05) is 13.8 Å². The average Bonchev–Trinajstić information content (AvgIpc) is 2.27. The van der Waals surface area contributed by atoms with Gasteiger partial charge in [0.1, 0.15) is 0 Å². The predicted molar refractivity (Wildman–Crippen MR) is 71.1 cm³/mol.